The van der Waals surface area contributed by atoms with E-state index >= 15 is 0 Å². The molecule has 7 heteroatoms. The van der Waals surface area contributed by atoms with Gasteiger partial charge in [0.25, 0.3) is 0 Å². The van der Waals surface area contributed by atoms with Crippen molar-refractivity contribution in [3.63, 3.8) is 0 Å². The second-order valence-corrected chi connectivity index (χ2v) is 6.65. The van der Waals surface area contributed by atoms with Crippen LogP contribution in [0.2, 0.25) is 10.0 Å². The van der Waals surface area contributed by atoms with E-state index < -0.39 is 10.1 Å². The quantitative estimate of drug-likeness (QED) is 0.622. The topological polar surface area (TPSA) is 60.4 Å². The van der Waals surface area contributed by atoms with Gasteiger partial charge in [-0.3, -0.25) is 4.79 Å². The standard InChI is InChI=1S/C14H10Cl2O4S/c1-9(17)10-3-2-4-13(5-10)20-21(18,19)14-7-11(15)6-12(16)8-14/h2-8H,1H3. The van der Waals surface area contributed by atoms with Crippen LogP contribution in [0.1, 0.15) is 17.3 Å². The lowest BCUT2D eigenvalue weighted by Crippen LogP contribution is -2.10. The van der Waals surface area contributed by atoms with Gasteiger partial charge in [0.2, 0.25) is 0 Å². The van der Waals surface area contributed by atoms with E-state index in [9.17, 15) is 13.2 Å². The molecule has 0 spiro atoms. The Labute approximate surface area is 132 Å². The van der Waals surface area contributed by atoms with Gasteiger partial charge in [-0.2, -0.15) is 8.42 Å². The summed E-state index contributed by atoms with van der Waals surface area (Å²) in [6.45, 7) is 1.38. The summed E-state index contributed by atoms with van der Waals surface area (Å²) in [6.07, 6.45) is 0. The van der Waals surface area contributed by atoms with Crippen molar-refractivity contribution in [2.75, 3.05) is 0 Å². The normalized spacial score (nSPS) is 11.2. The molecule has 21 heavy (non-hydrogen) atoms. The Balaban J connectivity index is 2.37. The number of Topliss-reactive ketones (excluding diaryl/α,β-unsaturated/α-hetero) is 1. The Kier molecular flexibility index (Phi) is 4.56. The number of ketones is 1. The molecule has 4 nitrogen and oxygen atoms in total. The summed E-state index contributed by atoms with van der Waals surface area (Å²) in [5.41, 5.74) is 0.354. The van der Waals surface area contributed by atoms with Crippen molar-refractivity contribution >= 4 is 39.1 Å². The van der Waals surface area contributed by atoms with Crippen molar-refractivity contribution in [1.29, 1.82) is 0 Å². The molecule has 2 aromatic carbocycles. The van der Waals surface area contributed by atoms with E-state index in [2.05, 4.69) is 0 Å². The minimum absolute atomic E-state index is 0.0406. The smallest absolute Gasteiger partial charge is 0.339 e. The summed E-state index contributed by atoms with van der Waals surface area (Å²) >= 11 is 11.6. The first-order chi connectivity index (χ1) is 9.78. The van der Waals surface area contributed by atoms with Gasteiger partial charge in [0.1, 0.15) is 10.6 Å². The Morgan fingerprint density at radius 3 is 2.24 bits per heavy atom. The summed E-state index contributed by atoms with van der Waals surface area (Å²) in [7, 11) is -4.08. The van der Waals surface area contributed by atoms with Crippen molar-refractivity contribution in [2.24, 2.45) is 0 Å². The molecule has 0 aliphatic heterocycles. The highest BCUT2D eigenvalue weighted by molar-refractivity contribution is 7.87. The lowest BCUT2D eigenvalue weighted by atomic mass is 10.1. The summed E-state index contributed by atoms with van der Waals surface area (Å²) in [5, 5.41) is 0.365. The molecule has 0 unspecified atom stereocenters. The second kappa shape index (κ2) is 6.05. The van der Waals surface area contributed by atoms with Crippen LogP contribution in [-0.2, 0) is 10.1 Å². The number of hydrogen-bond donors (Lipinski definition) is 0. The van der Waals surface area contributed by atoms with Gasteiger partial charge < -0.3 is 4.18 Å². The maximum Gasteiger partial charge on any atom is 0.339 e. The molecular formula is C14H10Cl2O4S. The molecule has 0 bridgehead atoms. The van der Waals surface area contributed by atoms with Crippen LogP contribution in [0.15, 0.2) is 47.4 Å². The lowest BCUT2D eigenvalue weighted by Gasteiger charge is -2.08. The molecule has 110 valence electrons. The van der Waals surface area contributed by atoms with Gasteiger partial charge in [0, 0.05) is 15.6 Å². The molecule has 0 fully saturated rings. The molecule has 0 heterocycles. The number of carbonyl (C=O) groups excluding carboxylic acids is 1. The Hall–Kier alpha value is -1.56. The minimum atomic E-state index is -4.08. The highest BCUT2D eigenvalue weighted by Crippen LogP contribution is 2.25. The van der Waals surface area contributed by atoms with Gasteiger partial charge in [0.05, 0.1) is 0 Å². The highest BCUT2D eigenvalue weighted by atomic mass is 35.5. The Morgan fingerprint density at radius 2 is 1.67 bits per heavy atom. The summed E-state index contributed by atoms with van der Waals surface area (Å²) in [5.74, 6) is -0.151. The van der Waals surface area contributed by atoms with Crippen molar-refractivity contribution in [2.45, 2.75) is 11.8 Å². The van der Waals surface area contributed by atoms with Gasteiger partial charge in [-0.15, -0.1) is 0 Å². The number of halogens is 2. The van der Waals surface area contributed by atoms with Crippen molar-refractivity contribution in [3.8, 4) is 5.75 Å². The average Bonchev–Trinajstić information content (AvgIpc) is 2.37. The number of carbonyl (C=O) groups is 1. The van der Waals surface area contributed by atoms with Gasteiger partial charge >= 0.3 is 10.1 Å². The van der Waals surface area contributed by atoms with Gasteiger partial charge in [-0.25, -0.2) is 0 Å². The van der Waals surface area contributed by atoms with Gasteiger partial charge in [-0.05, 0) is 37.3 Å². The maximum absolute atomic E-state index is 12.2. The maximum atomic E-state index is 12.2. The molecule has 2 rings (SSSR count). The zero-order valence-corrected chi connectivity index (χ0v) is 13.2. The minimum Gasteiger partial charge on any atom is -0.379 e. The molecule has 0 aliphatic carbocycles. The van der Waals surface area contributed by atoms with Crippen LogP contribution in [0.3, 0.4) is 0 Å². The van der Waals surface area contributed by atoms with Crippen molar-refractivity contribution in [1.82, 2.24) is 0 Å². The summed E-state index contributed by atoms with van der Waals surface area (Å²) in [4.78, 5) is 11.1. The molecule has 0 radical (unpaired) electrons. The fraction of sp³-hybridized carbons (Fsp3) is 0.0714. The number of benzene rings is 2. The largest absolute Gasteiger partial charge is 0.379 e. The summed E-state index contributed by atoms with van der Waals surface area (Å²) < 4.78 is 29.3. The van der Waals surface area contributed by atoms with E-state index in [-0.39, 0.29) is 26.5 Å². The SMILES string of the molecule is CC(=O)c1cccc(OS(=O)(=O)c2cc(Cl)cc(Cl)c2)c1. The van der Waals surface area contributed by atoms with Crippen LogP contribution in [0.4, 0.5) is 0 Å². The fourth-order valence-electron chi connectivity index (χ4n) is 1.61. The van der Waals surface area contributed by atoms with Gasteiger partial charge in [0.15, 0.2) is 5.78 Å². The molecule has 0 aliphatic rings. The molecule has 0 saturated carbocycles. The predicted octanol–water partition coefficient (Wildman–Crippen LogP) is 3.96. The molecule has 0 atom stereocenters. The Bertz CT molecular complexity index is 780. The van der Waals surface area contributed by atoms with Gasteiger partial charge in [-0.1, -0.05) is 35.3 Å². The molecular weight excluding hydrogens is 335 g/mol. The molecule has 2 aromatic rings. The second-order valence-electron chi connectivity index (χ2n) is 4.23. The van der Waals surface area contributed by atoms with Crippen LogP contribution < -0.4 is 4.18 Å². The van der Waals surface area contributed by atoms with E-state index in [1.807, 2.05) is 0 Å². The fourth-order valence-corrected chi connectivity index (χ4v) is 3.27. The number of hydrogen-bond acceptors (Lipinski definition) is 4. The van der Waals surface area contributed by atoms with Crippen LogP contribution in [0.25, 0.3) is 0 Å². The third kappa shape index (κ3) is 3.97. The van der Waals surface area contributed by atoms with E-state index in [1.165, 1.54) is 43.3 Å². The average molecular weight is 345 g/mol. The van der Waals surface area contributed by atoms with E-state index in [0.29, 0.717) is 5.56 Å². The zero-order valence-electron chi connectivity index (χ0n) is 10.8. The van der Waals surface area contributed by atoms with E-state index in [0.717, 1.165) is 0 Å². The summed E-state index contributed by atoms with van der Waals surface area (Å²) in [6, 6.07) is 9.78. The Morgan fingerprint density at radius 1 is 1.05 bits per heavy atom. The third-order valence-electron chi connectivity index (χ3n) is 2.57. The molecule has 0 N–H and O–H groups in total. The number of rotatable bonds is 4. The van der Waals surface area contributed by atoms with Crippen LogP contribution >= 0.6 is 23.2 Å². The molecule has 0 saturated heterocycles. The third-order valence-corrected chi connectivity index (χ3v) is 4.23. The first-order valence-corrected chi connectivity index (χ1v) is 7.96. The van der Waals surface area contributed by atoms with E-state index in [4.69, 9.17) is 27.4 Å². The first-order valence-electron chi connectivity index (χ1n) is 5.79. The van der Waals surface area contributed by atoms with Crippen LogP contribution in [0.5, 0.6) is 5.75 Å². The first kappa shape index (κ1) is 15.8. The lowest BCUT2D eigenvalue weighted by molar-refractivity contribution is 0.101. The molecule has 0 aromatic heterocycles. The highest BCUT2D eigenvalue weighted by Gasteiger charge is 2.18. The van der Waals surface area contributed by atoms with Crippen LogP contribution in [-0.4, -0.2) is 14.2 Å². The van der Waals surface area contributed by atoms with Crippen LogP contribution in [0, 0.1) is 0 Å². The van der Waals surface area contributed by atoms with E-state index in [1.54, 1.807) is 6.07 Å². The molecule has 0 amide bonds. The van der Waals surface area contributed by atoms with Crippen molar-refractivity contribution in [3.05, 3.63) is 58.1 Å². The zero-order chi connectivity index (χ0) is 15.6. The van der Waals surface area contributed by atoms with Crippen molar-refractivity contribution < 1.29 is 17.4 Å². The monoisotopic (exact) mass is 344 g/mol. The predicted molar refractivity (Wildman–Crippen MR) is 80.7 cm³/mol.